The molecule has 0 radical (unpaired) electrons. The zero-order chi connectivity index (χ0) is 34.4. The quantitative estimate of drug-likeness (QED) is 0.172. The van der Waals surface area contributed by atoms with E-state index in [0.717, 1.165) is 35.6 Å². The molecule has 1 aliphatic rings. The van der Waals surface area contributed by atoms with Gasteiger partial charge in [0.1, 0.15) is 0 Å². The summed E-state index contributed by atoms with van der Waals surface area (Å²) in [7, 11) is 0. The number of hydrogen-bond acceptors (Lipinski definition) is 1. The Hall–Kier alpha value is -6.64. The third-order valence-electron chi connectivity index (χ3n) is 10.6. The van der Waals surface area contributed by atoms with Gasteiger partial charge < -0.3 is 9.47 Å². The van der Waals surface area contributed by atoms with Gasteiger partial charge in [-0.3, -0.25) is 0 Å². The first-order valence-corrected chi connectivity index (χ1v) is 18.2. The number of aromatic nitrogens is 1. The second-order valence-electron chi connectivity index (χ2n) is 13.6. The number of allylic oxidation sites excluding steroid dienone is 4. The largest absolute Gasteiger partial charge is 0.311 e. The van der Waals surface area contributed by atoms with Crippen LogP contribution >= 0.6 is 0 Å². The molecule has 2 nitrogen and oxygen atoms in total. The van der Waals surface area contributed by atoms with Crippen LogP contribution in [0.2, 0.25) is 0 Å². The summed E-state index contributed by atoms with van der Waals surface area (Å²) < 4.78 is 2.41. The molecule has 0 atom stereocenters. The van der Waals surface area contributed by atoms with Gasteiger partial charge >= 0.3 is 0 Å². The normalized spacial score (nSPS) is 12.9. The lowest BCUT2D eigenvalue weighted by Crippen LogP contribution is -2.10. The first-order chi connectivity index (χ1) is 25.8. The topological polar surface area (TPSA) is 8.17 Å². The van der Waals surface area contributed by atoms with Crippen LogP contribution in [0.25, 0.3) is 65.7 Å². The van der Waals surface area contributed by atoms with Gasteiger partial charge in [0.15, 0.2) is 0 Å². The number of hydrogen-bond donors (Lipinski definition) is 0. The number of nitrogens with zero attached hydrogens (tertiary/aromatic N) is 2. The highest BCUT2D eigenvalue weighted by atomic mass is 15.1. The van der Waals surface area contributed by atoms with Gasteiger partial charge in [-0.25, -0.2) is 0 Å². The summed E-state index contributed by atoms with van der Waals surface area (Å²) in [5.74, 6) is 0. The molecule has 1 aromatic heterocycles. The monoisotopic (exact) mass is 664 g/mol. The number of rotatable bonds is 6. The smallest absolute Gasteiger partial charge is 0.0547 e. The molecule has 0 saturated carbocycles. The van der Waals surface area contributed by atoms with E-state index in [1.807, 2.05) is 0 Å². The van der Waals surface area contributed by atoms with Crippen LogP contribution in [0.5, 0.6) is 0 Å². The summed E-state index contributed by atoms with van der Waals surface area (Å²) in [4.78, 5) is 2.37. The average Bonchev–Trinajstić information content (AvgIpc) is 3.57. The Morgan fingerprint density at radius 1 is 0.423 bits per heavy atom. The molecule has 0 N–H and O–H groups in total. The summed E-state index contributed by atoms with van der Waals surface area (Å²) in [5, 5.41) is 7.64. The van der Waals surface area contributed by atoms with Gasteiger partial charge in [0, 0.05) is 33.5 Å². The molecule has 0 saturated heterocycles. The van der Waals surface area contributed by atoms with Gasteiger partial charge in [-0.1, -0.05) is 133 Å². The molecule has 0 amide bonds. The van der Waals surface area contributed by atoms with E-state index >= 15 is 0 Å². The highest BCUT2D eigenvalue weighted by molar-refractivity contribution is 6.21. The minimum Gasteiger partial charge on any atom is -0.311 e. The maximum atomic E-state index is 2.41. The Kier molecular flexibility index (Phi) is 7.32. The Labute approximate surface area is 303 Å². The van der Waals surface area contributed by atoms with Gasteiger partial charge in [0.25, 0.3) is 0 Å². The second kappa shape index (κ2) is 12.6. The summed E-state index contributed by atoms with van der Waals surface area (Å²) in [6.07, 6.45) is 9.07. The van der Waals surface area contributed by atoms with Crippen LogP contribution in [0.1, 0.15) is 18.4 Å². The third kappa shape index (κ3) is 5.11. The lowest BCUT2D eigenvalue weighted by Gasteiger charge is -2.26. The molecule has 0 spiro atoms. The predicted molar refractivity (Wildman–Crippen MR) is 222 cm³/mol. The number of anilines is 3. The van der Waals surface area contributed by atoms with E-state index in [9.17, 15) is 0 Å². The van der Waals surface area contributed by atoms with Crippen LogP contribution in [0.4, 0.5) is 17.1 Å². The molecule has 0 bridgehead atoms. The summed E-state index contributed by atoms with van der Waals surface area (Å²) in [6.45, 7) is 0. The molecule has 52 heavy (non-hydrogen) atoms. The molecule has 1 heterocycles. The van der Waals surface area contributed by atoms with Crippen LogP contribution in [0, 0.1) is 0 Å². The molecule has 8 aromatic carbocycles. The summed E-state index contributed by atoms with van der Waals surface area (Å²) in [5.41, 5.74) is 11.9. The maximum Gasteiger partial charge on any atom is 0.0547 e. The zero-order valence-corrected chi connectivity index (χ0v) is 28.8. The van der Waals surface area contributed by atoms with Gasteiger partial charge in [-0.2, -0.15) is 0 Å². The van der Waals surface area contributed by atoms with Crippen molar-refractivity contribution in [3.05, 3.63) is 200 Å². The average molecular weight is 665 g/mol. The van der Waals surface area contributed by atoms with Crippen molar-refractivity contribution in [3.63, 3.8) is 0 Å². The molecule has 2 heteroatoms. The van der Waals surface area contributed by atoms with E-state index < -0.39 is 0 Å². The second-order valence-corrected chi connectivity index (χ2v) is 13.6. The van der Waals surface area contributed by atoms with E-state index in [2.05, 4.69) is 204 Å². The SMILES string of the molecule is C1=CC(c2ccc(N(c3ccc(-c4cccc5ccccc45)cc3)c3ccc(-n4c5ccccc5c5c6ccccc6ccc54)cc3)cc2)=CCC1. The van der Waals surface area contributed by atoms with Crippen LogP contribution in [0.15, 0.2) is 194 Å². The first-order valence-electron chi connectivity index (χ1n) is 18.2. The molecule has 1 aliphatic carbocycles. The number of benzene rings is 8. The van der Waals surface area contributed by atoms with Crippen molar-refractivity contribution in [2.75, 3.05) is 4.90 Å². The lowest BCUT2D eigenvalue weighted by atomic mass is 9.98. The van der Waals surface area contributed by atoms with Crippen molar-refractivity contribution < 1.29 is 0 Å². The number of fused-ring (bicyclic) bond motifs is 6. The fourth-order valence-corrected chi connectivity index (χ4v) is 8.11. The molecule has 0 aliphatic heterocycles. The minimum absolute atomic E-state index is 1.09. The highest BCUT2D eigenvalue weighted by Crippen LogP contribution is 2.40. The third-order valence-corrected chi connectivity index (χ3v) is 10.6. The van der Waals surface area contributed by atoms with E-state index in [4.69, 9.17) is 0 Å². The van der Waals surface area contributed by atoms with Gasteiger partial charge in [0.05, 0.1) is 11.0 Å². The van der Waals surface area contributed by atoms with E-state index in [0.29, 0.717) is 0 Å². The van der Waals surface area contributed by atoms with Gasteiger partial charge in [-0.05, 0) is 117 Å². The molecule has 10 rings (SSSR count). The molecule has 9 aromatic rings. The van der Waals surface area contributed by atoms with Crippen molar-refractivity contribution >= 4 is 66.0 Å². The predicted octanol–water partition coefficient (Wildman–Crippen LogP) is 14.0. The molecule has 0 fully saturated rings. The fraction of sp³-hybridized carbons (Fsp3) is 0.0400. The van der Waals surface area contributed by atoms with E-state index in [1.165, 1.54) is 65.6 Å². The molecule has 0 unspecified atom stereocenters. The van der Waals surface area contributed by atoms with Crippen molar-refractivity contribution in [2.24, 2.45) is 0 Å². The van der Waals surface area contributed by atoms with Crippen LogP contribution in [0.3, 0.4) is 0 Å². The zero-order valence-electron chi connectivity index (χ0n) is 28.8. The number of para-hydroxylation sites is 1. The fourth-order valence-electron chi connectivity index (χ4n) is 8.11. The van der Waals surface area contributed by atoms with Gasteiger partial charge in [-0.15, -0.1) is 0 Å². The Bertz CT molecular complexity index is 2810. The van der Waals surface area contributed by atoms with Crippen molar-refractivity contribution in [3.8, 4) is 16.8 Å². The molecule has 246 valence electrons. The van der Waals surface area contributed by atoms with Crippen LogP contribution in [-0.2, 0) is 0 Å². The summed E-state index contributed by atoms with van der Waals surface area (Å²) >= 11 is 0. The van der Waals surface area contributed by atoms with Crippen molar-refractivity contribution in [1.82, 2.24) is 4.57 Å². The van der Waals surface area contributed by atoms with E-state index in [1.54, 1.807) is 0 Å². The summed E-state index contributed by atoms with van der Waals surface area (Å²) in [6, 6.07) is 64.3. The highest BCUT2D eigenvalue weighted by Gasteiger charge is 2.17. The maximum absolute atomic E-state index is 2.41. The Balaban J connectivity index is 1.08. The van der Waals surface area contributed by atoms with Crippen LogP contribution in [-0.4, -0.2) is 4.57 Å². The first kappa shape index (κ1) is 30.2. The molecular formula is C50H36N2. The standard InChI is InChI=1S/C50H36N2/c1-2-11-35(12-3-1)36-21-26-40(27-22-36)51(41-28-23-39(24-29-41)45-19-10-15-37-13-4-6-16-44(37)45)42-30-32-43(33-31-42)52-48-20-9-8-18-47(48)50-46-17-7-5-14-38(46)25-34-49(50)52/h2,4-34H,1,3H2. The Morgan fingerprint density at radius 2 is 1.02 bits per heavy atom. The van der Waals surface area contributed by atoms with Crippen molar-refractivity contribution in [1.29, 1.82) is 0 Å². The van der Waals surface area contributed by atoms with Crippen molar-refractivity contribution in [2.45, 2.75) is 12.8 Å². The Morgan fingerprint density at radius 3 is 1.73 bits per heavy atom. The lowest BCUT2D eigenvalue weighted by molar-refractivity contribution is 1.04. The van der Waals surface area contributed by atoms with Gasteiger partial charge in [0.2, 0.25) is 0 Å². The van der Waals surface area contributed by atoms with Crippen LogP contribution < -0.4 is 4.90 Å². The molecular weight excluding hydrogens is 629 g/mol. The van der Waals surface area contributed by atoms with E-state index in [-0.39, 0.29) is 0 Å². The minimum atomic E-state index is 1.09.